The molecule has 3 aromatic carbocycles. The van der Waals surface area contributed by atoms with Crippen LogP contribution >= 0.6 is 23.2 Å². The Kier molecular flexibility index (Phi) is 12.6. The summed E-state index contributed by atoms with van der Waals surface area (Å²) in [6, 6.07) is 19.7. The third-order valence-electron chi connectivity index (χ3n) is 5.99. The number of nitrogens with zero attached hydrogens (tertiary/aromatic N) is 1. The molecule has 1 atom stereocenters. The Morgan fingerprint density at radius 1 is 0.950 bits per heavy atom. The van der Waals surface area contributed by atoms with Crippen LogP contribution in [0.4, 0.5) is 10.5 Å². The molecule has 3 aromatic rings. The first-order valence-electron chi connectivity index (χ1n) is 13.0. The van der Waals surface area contributed by atoms with Crippen molar-refractivity contribution < 1.29 is 28.9 Å². The molecule has 0 aliphatic carbocycles. The molecule has 0 aliphatic heterocycles. The van der Waals surface area contributed by atoms with Crippen molar-refractivity contribution in [3.63, 3.8) is 0 Å². The fraction of sp³-hybridized carbons (Fsp3) is 0.333. The number of anilines is 1. The van der Waals surface area contributed by atoms with E-state index >= 15 is 0 Å². The van der Waals surface area contributed by atoms with E-state index in [0.29, 0.717) is 48.7 Å². The van der Waals surface area contributed by atoms with Crippen molar-refractivity contribution in [1.29, 1.82) is 0 Å². The zero-order valence-electron chi connectivity index (χ0n) is 22.6. The van der Waals surface area contributed by atoms with Crippen molar-refractivity contribution >= 4 is 40.9 Å². The predicted octanol–water partition coefficient (Wildman–Crippen LogP) is 6.46. The molecular weight excluding hydrogens is 555 g/mol. The van der Waals surface area contributed by atoms with Gasteiger partial charge < -0.3 is 29.5 Å². The minimum absolute atomic E-state index is 0.251. The van der Waals surface area contributed by atoms with E-state index in [1.165, 1.54) is 0 Å². The summed E-state index contributed by atoms with van der Waals surface area (Å²) in [7, 11) is 0. The normalized spacial score (nSPS) is 11.6. The van der Waals surface area contributed by atoms with Gasteiger partial charge in [0.05, 0.1) is 19.8 Å². The molecule has 10 heteroatoms. The van der Waals surface area contributed by atoms with Crippen LogP contribution in [-0.4, -0.2) is 61.0 Å². The summed E-state index contributed by atoms with van der Waals surface area (Å²) in [6.45, 7) is 5.53. The van der Waals surface area contributed by atoms with Gasteiger partial charge in [0.25, 0.3) is 0 Å². The molecule has 0 fully saturated rings. The largest absolute Gasteiger partial charge is 0.492 e. The van der Waals surface area contributed by atoms with Gasteiger partial charge in [-0.3, -0.25) is 0 Å². The van der Waals surface area contributed by atoms with Crippen molar-refractivity contribution in [2.75, 3.05) is 38.2 Å². The number of aryl methyl sites for hydroxylation is 1. The maximum atomic E-state index is 13.1. The third kappa shape index (κ3) is 10.4. The number of ether oxygens (including phenoxy) is 3. The molecule has 1 unspecified atom stereocenters. The molecule has 214 valence electrons. The first kappa shape index (κ1) is 31.2. The lowest BCUT2D eigenvalue weighted by Crippen LogP contribution is -2.40. The molecule has 2 N–H and O–H groups in total. The van der Waals surface area contributed by atoms with Gasteiger partial charge in [-0.25, -0.2) is 9.59 Å². The quantitative estimate of drug-likeness (QED) is 0.198. The molecule has 0 bridgehead atoms. The lowest BCUT2D eigenvalue weighted by Gasteiger charge is -2.24. The summed E-state index contributed by atoms with van der Waals surface area (Å²) >= 11 is 12.1. The number of aliphatic carboxylic acids is 1. The van der Waals surface area contributed by atoms with Crippen molar-refractivity contribution in [3.8, 4) is 5.75 Å². The highest BCUT2D eigenvalue weighted by molar-refractivity contribution is 6.34. The summed E-state index contributed by atoms with van der Waals surface area (Å²) in [5.74, 6) is -0.382. The van der Waals surface area contributed by atoms with E-state index < -0.39 is 12.1 Å². The second kappa shape index (κ2) is 16.1. The third-order valence-corrected chi connectivity index (χ3v) is 6.42. The molecule has 0 spiro atoms. The number of carbonyl (C=O) groups is 2. The Morgan fingerprint density at radius 3 is 2.27 bits per heavy atom. The maximum Gasteiger partial charge on any atom is 0.333 e. The van der Waals surface area contributed by atoms with Gasteiger partial charge in [0, 0.05) is 35.3 Å². The van der Waals surface area contributed by atoms with Gasteiger partial charge in [-0.2, -0.15) is 0 Å². The zero-order valence-corrected chi connectivity index (χ0v) is 24.1. The molecule has 0 saturated heterocycles. The number of benzene rings is 3. The van der Waals surface area contributed by atoms with E-state index in [1.807, 2.05) is 43.3 Å². The van der Waals surface area contributed by atoms with Crippen LogP contribution in [0.3, 0.4) is 0 Å². The first-order valence-corrected chi connectivity index (χ1v) is 13.7. The van der Waals surface area contributed by atoms with Gasteiger partial charge in [0.1, 0.15) is 12.4 Å². The van der Waals surface area contributed by atoms with E-state index in [9.17, 15) is 14.7 Å². The number of urea groups is 1. The average molecular weight is 590 g/mol. The summed E-state index contributed by atoms with van der Waals surface area (Å²) in [5, 5.41) is 13.3. The second-order valence-corrected chi connectivity index (χ2v) is 9.91. The topological polar surface area (TPSA) is 97.3 Å². The Morgan fingerprint density at radius 2 is 1.62 bits per heavy atom. The van der Waals surface area contributed by atoms with E-state index in [-0.39, 0.29) is 19.1 Å². The summed E-state index contributed by atoms with van der Waals surface area (Å²) in [6.07, 6.45) is -0.632. The number of para-hydroxylation sites is 1. The highest BCUT2D eigenvalue weighted by atomic mass is 35.5. The number of carboxylic acids is 1. The van der Waals surface area contributed by atoms with E-state index in [4.69, 9.17) is 37.4 Å². The van der Waals surface area contributed by atoms with E-state index in [2.05, 4.69) is 5.32 Å². The van der Waals surface area contributed by atoms with Crippen LogP contribution in [-0.2, 0) is 27.3 Å². The lowest BCUT2D eigenvalue weighted by atomic mass is 10.1. The molecule has 40 heavy (non-hydrogen) atoms. The number of carboxylic acid groups (broad SMARTS) is 1. The van der Waals surface area contributed by atoms with Gasteiger partial charge >= 0.3 is 12.0 Å². The Hall–Kier alpha value is -3.30. The molecule has 0 aliphatic rings. The fourth-order valence-electron chi connectivity index (χ4n) is 3.91. The van der Waals surface area contributed by atoms with Crippen LogP contribution in [0.25, 0.3) is 0 Å². The van der Waals surface area contributed by atoms with Gasteiger partial charge in [0.2, 0.25) is 0 Å². The monoisotopic (exact) mass is 588 g/mol. The SMILES string of the molecule is CCOC(Cc1ccc(OCCN(CCOCc2cc(Cl)cc(Cl)c2)C(=O)Nc2ccccc2C)cc1)C(=O)O. The predicted molar refractivity (Wildman–Crippen MR) is 157 cm³/mol. The molecular formula is C30H34Cl2N2O6. The standard InChI is InChI=1S/C30H34Cl2N2O6/c1-3-39-28(29(35)36)18-22-8-10-26(11-9-22)40-15-13-34(30(37)33-27-7-5-4-6-21(27)2)12-14-38-20-23-16-24(31)19-25(32)17-23/h4-11,16-17,19,28H,3,12-15,18,20H2,1-2H3,(H,33,37)(H,35,36). The van der Waals surface area contributed by atoms with E-state index in [0.717, 1.165) is 22.4 Å². The lowest BCUT2D eigenvalue weighted by molar-refractivity contribution is -0.149. The number of hydrogen-bond acceptors (Lipinski definition) is 5. The second-order valence-electron chi connectivity index (χ2n) is 9.04. The molecule has 8 nitrogen and oxygen atoms in total. The van der Waals surface area contributed by atoms with Crippen LogP contribution in [0.5, 0.6) is 5.75 Å². The molecule has 0 aromatic heterocycles. The number of halogens is 2. The molecule has 0 heterocycles. The zero-order chi connectivity index (χ0) is 28.9. The van der Waals surface area contributed by atoms with Crippen molar-refractivity contribution in [3.05, 3.63) is 93.5 Å². The molecule has 3 rings (SSSR count). The average Bonchev–Trinajstić information content (AvgIpc) is 2.91. The van der Waals surface area contributed by atoms with Crippen molar-refractivity contribution in [1.82, 2.24) is 4.90 Å². The fourth-order valence-corrected chi connectivity index (χ4v) is 4.48. The summed E-state index contributed by atoms with van der Waals surface area (Å²) in [4.78, 5) is 26.1. The Labute approximate surface area is 244 Å². The van der Waals surface area contributed by atoms with Crippen LogP contribution in [0.2, 0.25) is 10.0 Å². The molecule has 0 saturated carbocycles. The Balaban J connectivity index is 1.56. The van der Waals surface area contributed by atoms with Crippen LogP contribution in [0.1, 0.15) is 23.6 Å². The van der Waals surface area contributed by atoms with Crippen molar-refractivity contribution in [2.24, 2.45) is 0 Å². The highest BCUT2D eigenvalue weighted by Gasteiger charge is 2.18. The maximum absolute atomic E-state index is 13.1. The van der Waals surface area contributed by atoms with Gasteiger partial charge in [-0.05, 0) is 66.9 Å². The number of hydrogen-bond donors (Lipinski definition) is 2. The first-order chi connectivity index (χ1) is 19.2. The minimum Gasteiger partial charge on any atom is -0.492 e. The Bertz CT molecular complexity index is 1230. The summed E-state index contributed by atoms with van der Waals surface area (Å²) in [5.41, 5.74) is 3.35. The van der Waals surface area contributed by atoms with Gasteiger partial charge in [-0.1, -0.05) is 53.5 Å². The van der Waals surface area contributed by atoms with Crippen LogP contribution in [0, 0.1) is 6.92 Å². The number of rotatable bonds is 15. The van der Waals surface area contributed by atoms with E-state index in [1.54, 1.807) is 42.2 Å². The molecule has 2 amide bonds. The minimum atomic E-state index is -0.994. The van der Waals surface area contributed by atoms with Crippen molar-refractivity contribution in [2.45, 2.75) is 33.0 Å². The number of carbonyl (C=O) groups excluding carboxylic acids is 1. The number of nitrogens with one attached hydrogen (secondary N) is 1. The number of amides is 2. The highest BCUT2D eigenvalue weighted by Crippen LogP contribution is 2.20. The van der Waals surface area contributed by atoms with Crippen LogP contribution in [0.15, 0.2) is 66.7 Å². The van der Waals surface area contributed by atoms with Crippen LogP contribution < -0.4 is 10.1 Å². The molecule has 0 radical (unpaired) electrons. The van der Waals surface area contributed by atoms with Gasteiger partial charge in [0.15, 0.2) is 6.10 Å². The smallest absolute Gasteiger partial charge is 0.333 e. The van der Waals surface area contributed by atoms with Gasteiger partial charge in [-0.15, -0.1) is 0 Å². The summed E-state index contributed by atoms with van der Waals surface area (Å²) < 4.78 is 17.0.